The Kier molecular flexibility index (Phi) is 10.4. The van der Waals surface area contributed by atoms with Crippen molar-refractivity contribution in [3.8, 4) is 34.0 Å². The molecule has 0 aliphatic heterocycles. The zero-order valence-electron chi connectivity index (χ0n) is 36.5. The molecule has 0 atom stereocenters. The van der Waals surface area contributed by atoms with E-state index >= 15 is 0 Å². The zero-order chi connectivity index (χ0) is 44.7. The normalized spacial score (nSPS) is 11.3. The van der Waals surface area contributed by atoms with Crippen molar-refractivity contribution in [1.29, 1.82) is 0 Å². The fourth-order valence-corrected chi connectivity index (χ4v) is 10.8. The molecule has 0 bridgehead atoms. The molecule has 0 unspecified atom stereocenters. The molecule has 5 heteroatoms. The molecule has 9 aromatic carbocycles. The largest absolute Gasteiger partial charge is 0.309 e. The summed E-state index contributed by atoms with van der Waals surface area (Å²) in [6.45, 7) is 12.0. The topological polar surface area (TPSA) is 35.6 Å². The first-order chi connectivity index (χ1) is 32.6. The Balaban J connectivity index is 0.000000647. The molecule has 0 spiro atoms. The zero-order valence-corrected chi connectivity index (χ0v) is 37.3. The van der Waals surface area contributed by atoms with Crippen LogP contribution in [-0.4, -0.2) is 19.1 Å². The lowest BCUT2D eigenvalue weighted by molar-refractivity contribution is 1.02. The smallest absolute Gasteiger partial charge is 0.235 e. The number of hydrogen-bond donors (Lipinski definition) is 0. The summed E-state index contributed by atoms with van der Waals surface area (Å²) in [5.74, 6) is 0.666. The molecule has 4 aromatic heterocycles. The predicted molar refractivity (Wildman–Crippen MR) is 286 cm³/mol. The van der Waals surface area contributed by atoms with Gasteiger partial charge in [0.1, 0.15) is 0 Å². The van der Waals surface area contributed by atoms with Crippen molar-refractivity contribution in [3.05, 3.63) is 232 Å². The minimum atomic E-state index is 0.666. The molecular formula is C61H44N4S. The van der Waals surface area contributed by atoms with Gasteiger partial charge in [0.15, 0.2) is 0 Å². The second kappa shape index (κ2) is 17.0. The summed E-state index contributed by atoms with van der Waals surface area (Å²) in [4.78, 5) is 11.0. The van der Waals surface area contributed by atoms with Crippen molar-refractivity contribution in [1.82, 2.24) is 19.1 Å². The van der Waals surface area contributed by atoms with Crippen molar-refractivity contribution >= 4 is 96.8 Å². The number of allylic oxidation sites excluding steroid dienone is 3. The van der Waals surface area contributed by atoms with Crippen molar-refractivity contribution < 1.29 is 0 Å². The molecule has 0 aliphatic carbocycles. The van der Waals surface area contributed by atoms with E-state index in [-0.39, 0.29) is 0 Å². The average molecular weight is 865 g/mol. The first-order valence-corrected chi connectivity index (χ1v) is 23.0. The van der Waals surface area contributed by atoms with E-state index in [1.165, 1.54) is 69.3 Å². The second-order valence-corrected chi connectivity index (χ2v) is 17.2. The Morgan fingerprint density at radius 1 is 0.470 bits per heavy atom. The molecule has 0 fully saturated rings. The SMILES string of the molecule is C=CC.C=CC=C.c1ccc(-c2nc(-n3c4ccccc4c4cc(-c5ccc6c(c5)c5ccccc5n6-c5ccccc5)c5c6ccccc6sc5c43)nc3ccc4ccccc4c23)cc1. The minimum Gasteiger partial charge on any atom is -0.309 e. The molecule has 0 amide bonds. The van der Waals surface area contributed by atoms with Crippen LogP contribution < -0.4 is 0 Å². The van der Waals surface area contributed by atoms with E-state index in [1.807, 2.05) is 18.3 Å². The maximum absolute atomic E-state index is 5.55. The molecule has 0 saturated carbocycles. The van der Waals surface area contributed by atoms with Gasteiger partial charge in [0.25, 0.3) is 0 Å². The number of rotatable bonds is 5. The van der Waals surface area contributed by atoms with E-state index in [1.54, 1.807) is 18.2 Å². The van der Waals surface area contributed by atoms with Crippen LogP contribution in [0.4, 0.5) is 0 Å². The summed E-state index contributed by atoms with van der Waals surface area (Å²) in [5, 5.41) is 10.7. The Morgan fingerprint density at radius 2 is 1.06 bits per heavy atom. The quantitative estimate of drug-likeness (QED) is 0.0982. The van der Waals surface area contributed by atoms with Gasteiger partial charge in [-0.2, -0.15) is 0 Å². The maximum Gasteiger partial charge on any atom is 0.235 e. The van der Waals surface area contributed by atoms with Gasteiger partial charge >= 0.3 is 0 Å². The molecule has 4 nitrogen and oxygen atoms in total. The maximum atomic E-state index is 5.55. The summed E-state index contributed by atoms with van der Waals surface area (Å²) < 4.78 is 7.19. The molecule has 4 heterocycles. The van der Waals surface area contributed by atoms with Gasteiger partial charge in [-0.05, 0) is 83.4 Å². The van der Waals surface area contributed by atoms with Crippen molar-refractivity contribution in [2.24, 2.45) is 0 Å². The van der Waals surface area contributed by atoms with Crippen LogP contribution in [0.1, 0.15) is 6.92 Å². The van der Waals surface area contributed by atoms with E-state index < -0.39 is 0 Å². The third-order valence-corrected chi connectivity index (χ3v) is 13.4. The standard InChI is InChI=1S/C54H32N4S.C4H6.C3H6/c1-3-16-34(17-4-1)51-50-37-20-8-7-15-33(37)27-29-44(50)55-54(56-51)58-46-25-13-10-22-39(46)43-32-41(49-40-23-11-14-26-48(40)59-53(49)52(43)58)35-28-30-47-42(31-35)38-21-9-12-24-45(38)57(47)36-18-5-2-6-19-36;1-3-4-2;1-3-2/h1-32H;3-4H,1-2H2;3H,1H2,2H3. The average Bonchev–Trinajstić information content (AvgIpc) is 4.04. The first-order valence-electron chi connectivity index (χ1n) is 22.1. The van der Waals surface area contributed by atoms with Crippen LogP contribution in [0.15, 0.2) is 232 Å². The summed E-state index contributed by atoms with van der Waals surface area (Å²) >= 11 is 1.86. The highest BCUT2D eigenvalue weighted by atomic mass is 32.1. The molecular weight excluding hydrogens is 821 g/mol. The number of hydrogen-bond acceptors (Lipinski definition) is 3. The highest BCUT2D eigenvalue weighted by molar-refractivity contribution is 7.26. The first kappa shape index (κ1) is 40.4. The molecule has 0 aliphatic rings. The van der Waals surface area contributed by atoms with Crippen LogP contribution in [0.5, 0.6) is 0 Å². The summed E-state index contributed by atoms with van der Waals surface area (Å²) in [7, 11) is 0. The van der Waals surface area contributed by atoms with Gasteiger partial charge in [-0.25, -0.2) is 9.97 Å². The Morgan fingerprint density at radius 3 is 1.79 bits per heavy atom. The van der Waals surface area contributed by atoms with Crippen LogP contribution in [0, 0.1) is 0 Å². The van der Waals surface area contributed by atoms with Gasteiger partial charge in [-0.1, -0.05) is 171 Å². The fraction of sp³-hybridized carbons (Fsp3) is 0.0164. The number of aromatic nitrogens is 4. The lowest BCUT2D eigenvalue weighted by Gasteiger charge is -2.14. The van der Waals surface area contributed by atoms with Gasteiger partial charge in [-0.3, -0.25) is 4.57 Å². The van der Waals surface area contributed by atoms with Crippen LogP contribution in [0.2, 0.25) is 0 Å². The Labute approximate surface area is 387 Å². The molecule has 314 valence electrons. The number of benzene rings is 9. The number of nitrogens with zero attached hydrogens (tertiary/aromatic N) is 4. The van der Waals surface area contributed by atoms with Crippen molar-refractivity contribution in [3.63, 3.8) is 0 Å². The lowest BCUT2D eigenvalue weighted by atomic mass is 9.95. The second-order valence-electron chi connectivity index (χ2n) is 16.2. The predicted octanol–water partition coefficient (Wildman–Crippen LogP) is 17.2. The van der Waals surface area contributed by atoms with Crippen LogP contribution in [0.3, 0.4) is 0 Å². The highest BCUT2D eigenvalue weighted by Gasteiger charge is 2.24. The number of para-hydroxylation sites is 3. The third kappa shape index (κ3) is 6.60. The van der Waals surface area contributed by atoms with Crippen LogP contribution in [0.25, 0.3) is 119 Å². The molecule has 13 rings (SSSR count). The van der Waals surface area contributed by atoms with Crippen molar-refractivity contribution in [2.45, 2.75) is 6.92 Å². The Hall–Kier alpha value is -8.38. The van der Waals surface area contributed by atoms with E-state index in [0.29, 0.717) is 5.95 Å². The highest BCUT2D eigenvalue weighted by Crippen LogP contribution is 2.48. The summed E-state index contributed by atoms with van der Waals surface area (Å²) in [6, 6.07) is 69.9. The van der Waals surface area contributed by atoms with Gasteiger partial charge in [-0.15, -0.1) is 17.9 Å². The fourth-order valence-electron chi connectivity index (χ4n) is 9.56. The molecule has 13 aromatic rings. The third-order valence-electron chi connectivity index (χ3n) is 12.3. The lowest BCUT2D eigenvalue weighted by Crippen LogP contribution is -2.04. The van der Waals surface area contributed by atoms with Crippen LogP contribution >= 0.6 is 11.3 Å². The summed E-state index contributed by atoms with van der Waals surface area (Å²) in [6.07, 6.45) is 5.03. The van der Waals surface area contributed by atoms with Gasteiger partial charge in [0.2, 0.25) is 5.95 Å². The van der Waals surface area contributed by atoms with Gasteiger partial charge < -0.3 is 4.57 Å². The number of thiophene rings is 1. The van der Waals surface area contributed by atoms with Gasteiger partial charge in [0, 0.05) is 53.7 Å². The van der Waals surface area contributed by atoms with E-state index in [4.69, 9.17) is 9.97 Å². The molecule has 0 radical (unpaired) electrons. The molecule has 66 heavy (non-hydrogen) atoms. The molecule has 0 saturated heterocycles. The van der Waals surface area contributed by atoms with Gasteiger partial charge in [0.05, 0.1) is 38.0 Å². The Bertz CT molecular complexity index is 4000. The summed E-state index contributed by atoms with van der Waals surface area (Å²) in [5.41, 5.74) is 11.1. The van der Waals surface area contributed by atoms with E-state index in [9.17, 15) is 0 Å². The number of fused-ring (bicyclic) bond motifs is 13. The van der Waals surface area contributed by atoms with Crippen LogP contribution in [-0.2, 0) is 0 Å². The van der Waals surface area contributed by atoms with E-state index in [0.717, 1.165) is 44.3 Å². The van der Waals surface area contributed by atoms with E-state index in [2.05, 4.69) is 223 Å². The van der Waals surface area contributed by atoms with Crippen molar-refractivity contribution in [2.75, 3.05) is 0 Å². The monoisotopic (exact) mass is 864 g/mol. The molecule has 0 N–H and O–H groups in total. The minimum absolute atomic E-state index is 0.666.